The lowest BCUT2D eigenvalue weighted by Crippen LogP contribution is -2.27. The molecule has 4 rings (SSSR count). The number of ether oxygens (including phenoxy) is 2. The number of hydrogen-bond acceptors (Lipinski definition) is 8. The van der Waals surface area contributed by atoms with Crippen molar-refractivity contribution in [3.63, 3.8) is 0 Å². The van der Waals surface area contributed by atoms with E-state index < -0.39 is 11.8 Å². The summed E-state index contributed by atoms with van der Waals surface area (Å²) in [6.45, 7) is 4.26. The summed E-state index contributed by atoms with van der Waals surface area (Å²) < 4.78 is 17.9. The van der Waals surface area contributed by atoms with Gasteiger partial charge in [0, 0.05) is 30.8 Å². The number of nitrogens with zero attached hydrogens (tertiary/aromatic N) is 4. The SMILES string of the molecule is CCCNC(=O)Oc1ccc2oc(=O)n(Cc3cccc(-c4ccc(OCCCN(C)C)nn4)c3)c2c1. The van der Waals surface area contributed by atoms with E-state index in [1.54, 1.807) is 24.3 Å². The molecular weight excluding hydrogens is 474 g/mol. The van der Waals surface area contributed by atoms with Crippen LogP contribution >= 0.6 is 0 Å². The van der Waals surface area contributed by atoms with E-state index in [9.17, 15) is 9.59 Å². The maximum atomic E-state index is 12.6. The number of carbonyl (C=O) groups is 1. The molecule has 0 bridgehead atoms. The molecule has 0 spiro atoms. The molecule has 194 valence electrons. The third kappa shape index (κ3) is 6.95. The summed E-state index contributed by atoms with van der Waals surface area (Å²) >= 11 is 0. The van der Waals surface area contributed by atoms with Gasteiger partial charge in [0.2, 0.25) is 5.88 Å². The van der Waals surface area contributed by atoms with Crippen molar-refractivity contribution in [2.75, 3.05) is 33.8 Å². The highest BCUT2D eigenvalue weighted by atomic mass is 16.6. The molecule has 0 aliphatic rings. The molecule has 0 fully saturated rings. The third-order valence-corrected chi connectivity index (χ3v) is 5.57. The molecule has 1 N–H and O–H groups in total. The van der Waals surface area contributed by atoms with Crippen molar-refractivity contribution in [3.05, 3.63) is 70.7 Å². The summed E-state index contributed by atoms with van der Waals surface area (Å²) in [6.07, 6.45) is 1.16. The Labute approximate surface area is 214 Å². The summed E-state index contributed by atoms with van der Waals surface area (Å²) in [5.41, 5.74) is 3.38. The van der Waals surface area contributed by atoms with Crippen molar-refractivity contribution < 1.29 is 18.7 Å². The quantitative estimate of drug-likeness (QED) is 0.305. The number of nitrogens with one attached hydrogen (secondary N) is 1. The minimum atomic E-state index is -0.544. The van der Waals surface area contributed by atoms with E-state index in [4.69, 9.17) is 13.9 Å². The summed E-state index contributed by atoms with van der Waals surface area (Å²) in [6, 6.07) is 16.2. The average Bonchev–Trinajstić information content (AvgIpc) is 3.20. The van der Waals surface area contributed by atoms with Crippen molar-refractivity contribution in [3.8, 4) is 22.9 Å². The van der Waals surface area contributed by atoms with Crippen LogP contribution < -0.4 is 20.5 Å². The summed E-state index contributed by atoms with van der Waals surface area (Å²) in [7, 11) is 4.05. The molecule has 10 nitrogen and oxygen atoms in total. The second-order valence-corrected chi connectivity index (χ2v) is 8.86. The summed E-state index contributed by atoms with van der Waals surface area (Å²) in [5, 5.41) is 11.1. The number of benzene rings is 2. The molecule has 0 unspecified atom stereocenters. The molecule has 0 aliphatic carbocycles. The van der Waals surface area contributed by atoms with Crippen molar-refractivity contribution in [1.82, 2.24) is 25.0 Å². The zero-order chi connectivity index (χ0) is 26.2. The van der Waals surface area contributed by atoms with Gasteiger partial charge in [-0.2, -0.15) is 0 Å². The van der Waals surface area contributed by atoms with Crippen molar-refractivity contribution in [2.45, 2.75) is 26.3 Å². The Morgan fingerprint density at radius 3 is 2.73 bits per heavy atom. The van der Waals surface area contributed by atoms with Gasteiger partial charge in [0.1, 0.15) is 5.75 Å². The second kappa shape index (κ2) is 12.2. The van der Waals surface area contributed by atoms with E-state index in [0.717, 1.165) is 30.5 Å². The molecule has 0 atom stereocenters. The minimum Gasteiger partial charge on any atom is -0.477 e. The van der Waals surface area contributed by atoms with E-state index in [1.165, 1.54) is 4.57 Å². The molecule has 0 aliphatic heterocycles. The highest BCUT2D eigenvalue weighted by Gasteiger charge is 2.13. The third-order valence-electron chi connectivity index (χ3n) is 5.57. The van der Waals surface area contributed by atoms with Crippen molar-refractivity contribution in [2.24, 2.45) is 0 Å². The fourth-order valence-electron chi connectivity index (χ4n) is 3.75. The molecule has 4 aromatic rings. The number of oxazole rings is 1. The van der Waals surface area contributed by atoms with Crippen LogP contribution in [-0.4, -0.2) is 59.5 Å². The zero-order valence-corrected chi connectivity index (χ0v) is 21.3. The Bertz CT molecular complexity index is 1390. The van der Waals surface area contributed by atoms with Crippen LogP contribution in [0.25, 0.3) is 22.4 Å². The fraction of sp³-hybridized carbons (Fsp3) is 0.333. The molecule has 2 aromatic carbocycles. The predicted octanol–water partition coefficient (Wildman–Crippen LogP) is 3.93. The Kier molecular flexibility index (Phi) is 8.52. The van der Waals surface area contributed by atoms with Crippen LogP contribution in [0.5, 0.6) is 11.6 Å². The maximum absolute atomic E-state index is 12.6. The summed E-state index contributed by atoms with van der Waals surface area (Å²) in [4.78, 5) is 26.6. The lowest BCUT2D eigenvalue weighted by molar-refractivity contribution is 0.200. The first-order chi connectivity index (χ1) is 17.9. The average molecular weight is 506 g/mol. The van der Waals surface area contributed by atoms with Crippen LogP contribution in [0.4, 0.5) is 4.79 Å². The van der Waals surface area contributed by atoms with Crippen LogP contribution in [0.2, 0.25) is 0 Å². The van der Waals surface area contributed by atoms with Gasteiger partial charge in [0.05, 0.1) is 24.4 Å². The molecule has 2 aromatic heterocycles. The Morgan fingerprint density at radius 2 is 1.97 bits per heavy atom. The van der Waals surface area contributed by atoms with E-state index in [1.807, 2.05) is 51.4 Å². The van der Waals surface area contributed by atoms with Crippen molar-refractivity contribution in [1.29, 1.82) is 0 Å². The molecule has 37 heavy (non-hydrogen) atoms. The first-order valence-corrected chi connectivity index (χ1v) is 12.2. The first-order valence-electron chi connectivity index (χ1n) is 12.2. The lowest BCUT2D eigenvalue weighted by atomic mass is 10.1. The Balaban J connectivity index is 1.48. The highest BCUT2D eigenvalue weighted by Crippen LogP contribution is 2.23. The van der Waals surface area contributed by atoms with Crippen molar-refractivity contribution >= 4 is 17.2 Å². The van der Waals surface area contributed by atoms with Gasteiger partial charge in [0.15, 0.2) is 5.58 Å². The number of carbonyl (C=O) groups excluding carboxylic acids is 1. The van der Waals surface area contributed by atoms with Crippen LogP contribution in [-0.2, 0) is 6.54 Å². The highest BCUT2D eigenvalue weighted by molar-refractivity contribution is 5.77. The van der Waals surface area contributed by atoms with E-state index >= 15 is 0 Å². The number of rotatable bonds is 11. The van der Waals surface area contributed by atoms with Gasteiger partial charge in [-0.25, -0.2) is 9.59 Å². The molecule has 0 radical (unpaired) electrons. The summed E-state index contributed by atoms with van der Waals surface area (Å²) in [5.74, 6) is 0.309. The van der Waals surface area contributed by atoms with E-state index in [2.05, 4.69) is 20.4 Å². The van der Waals surface area contributed by atoms with Crippen LogP contribution in [0.3, 0.4) is 0 Å². The van der Waals surface area contributed by atoms with Gasteiger partial charge in [-0.15, -0.1) is 10.2 Å². The molecule has 0 saturated carbocycles. The molecular formula is C27H31N5O5. The minimum absolute atomic E-state index is 0.269. The standard InChI is InChI=1S/C27H31N5O5/c1-4-13-28-26(33)36-21-9-11-24-23(17-21)32(27(34)37-24)18-19-7-5-8-20(16-19)22-10-12-25(30-29-22)35-15-6-14-31(2)3/h5,7-12,16-17H,4,6,13-15,18H2,1-3H3,(H,28,33). The smallest absolute Gasteiger partial charge is 0.420 e. The monoisotopic (exact) mass is 505 g/mol. The van der Waals surface area contributed by atoms with Gasteiger partial charge < -0.3 is 24.1 Å². The molecule has 2 heterocycles. The van der Waals surface area contributed by atoms with Crippen LogP contribution in [0.1, 0.15) is 25.3 Å². The number of fused-ring (bicyclic) bond motifs is 1. The molecule has 10 heteroatoms. The first kappa shape index (κ1) is 25.9. The van der Waals surface area contributed by atoms with Crippen LogP contribution in [0, 0.1) is 0 Å². The topological polar surface area (TPSA) is 112 Å². The Hall–Kier alpha value is -4.18. The Morgan fingerprint density at radius 1 is 1.11 bits per heavy atom. The molecule has 1 amide bonds. The number of aromatic nitrogens is 3. The van der Waals surface area contributed by atoms with Gasteiger partial charge in [-0.05, 0) is 56.8 Å². The zero-order valence-electron chi connectivity index (χ0n) is 21.3. The fourth-order valence-corrected chi connectivity index (χ4v) is 3.75. The predicted molar refractivity (Wildman–Crippen MR) is 140 cm³/mol. The number of hydrogen-bond donors (Lipinski definition) is 1. The van der Waals surface area contributed by atoms with Gasteiger partial charge in [0.25, 0.3) is 0 Å². The lowest BCUT2D eigenvalue weighted by Gasteiger charge is -2.10. The molecule has 0 saturated heterocycles. The van der Waals surface area contributed by atoms with Crippen LogP contribution in [0.15, 0.2) is 63.8 Å². The van der Waals surface area contributed by atoms with E-state index in [-0.39, 0.29) is 6.54 Å². The van der Waals surface area contributed by atoms with Gasteiger partial charge >= 0.3 is 11.8 Å². The normalized spacial score (nSPS) is 11.1. The second-order valence-electron chi connectivity index (χ2n) is 8.86. The van der Waals surface area contributed by atoms with Gasteiger partial charge in [-0.3, -0.25) is 4.57 Å². The maximum Gasteiger partial charge on any atom is 0.420 e. The van der Waals surface area contributed by atoms with E-state index in [0.29, 0.717) is 41.6 Å². The van der Waals surface area contributed by atoms with Gasteiger partial charge in [-0.1, -0.05) is 25.1 Å². The largest absolute Gasteiger partial charge is 0.477 e. The number of amides is 1.